The Bertz CT molecular complexity index is 2030. The third-order valence-corrected chi connectivity index (χ3v) is 15.1. The monoisotopic (exact) mass is 1110 g/mol. The van der Waals surface area contributed by atoms with Crippen LogP contribution in [0.4, 0.5) is 0 Å². The third kappa shape index (κ3) is 21.8. The Hall–Kier alpha value is -4.01. The molecule has 13 N–H and O–H groups in total. The largest absolute Gasteiger partial charge is 0.481 e. The lowest BCUT2D eigenvalue weighted by Gasteiger charge is -2.49. The van der Waals surface area contributed by atoms with Crippen LogP contribution < -0.4 is 5.73 Å². The van der Waals surface area contributed by atoms with Gasteiger partial charge in [0.25, 0.3) is 0 Å². The number of nitrogens with two attached hydrogens (primary N) is 1. The maximum absolute atomic E-state index is 13.0. The summed E-state index contributed by atoms with van der Waals surface area (Å²) in [5.41, 5.74) is 5.60. The summed E-state index contributed by atoms with van der Waals surface area (Å²) in [6.45, 7) is 8.85. The van der Waals surface area contributed by atoms with Gasteiger partial charge < -0.3 is 85.8 Å². The molecule has 0 radical (unpaired) electrons. The summed E-state index contributed by atoms with van der Waals surface area (Å²) in [4.78, 5) is 42.1. The van der Waals surface area contributed by atoms with Crippen LogP contribution >= 0.6 is 0 Å². The highest BCUT2D eigenvalue weighted by molar-refractivity contribution is 5.76. The molecule has 21 heteroatoms. The SMILES string of the molecule is C[C@@H]1[C@H](O)[C@@H](C)C=CC=CC=CC=CC=CC=CC=C[C@H](O[C@@H]2O[C@H](C)[C@@H](O)[C@H](N3CCN(C(=O)CCCCCN)CC3)[C@@H]2O)CC2O[C@](O)(C[C@@H](O)C[C@@H](O)[C@H](O)CC[C@@H](O)C[C@@H](O)CC(=O)O[C@H]1C)C[C@H](O)[C@H]2C(=O)O. The number of carboxylic acid groups (broad SMARTS) is 1. The van der Waals surface area contributed by atoms with Crippen molar-refractivity contribution in [2.75, 3.05) is 32.7 Å². The first-order valence-corrected chi connectivity index (χ1v) is 27.7. The van der Waals surface area contributed by atoms with Gasteiger partial charge in [0.05, 0.1) is 79.6 Å². The zero-order valence-corrected chi connectivity index (χ0v) is 45.7. The van der Waals surface area contributed by atoms with Gasteiger partial charge in [-0.25, -0.2) is 0 Å². The molecule has 21 nitrogen and oxygen atoms in total. The normalized spacial score (nSPS) is 38.4. The van der Waals surface area contributed by atoms with Crippen LogP contribution in [0.25, 0.3) is 0 Å². The lowest BCUT2D eigenvalue weighted by atomic mass is 9.82. The lowest BCUT2D eigenvalue weighted by Crippen LogP contribution is -2.66. The fraction of sp³-hybridized carbons (Fsp3) is 0.702. The highest BCUT2D eigenvalue weighted by atomic mass is 16.7. The molecule has 4 aliphatic rings. The Labute approximate surface area is 459 Å². The lowest BCUT2D eigenvalue weighted by molar-refractivity contribution is -0.312. The summed E-state index contributed by atoms with van der Waals surface area (Å²) in [5.74, 6) is -6.89. The number of ether oxygens (including phenoxy) is 4. The summed E-state index contributed by atoms with van der Waals surface area (Å²) >= 11 is 0. The van der Waals surface area contributed by atoms with Gasteiger partial charge in [-0.3, -0.25) is 19.3 Å². The van der Waals surface area contributed by atoms with Gasteiger partial charge in [-0.05, 0) is 52.5 Å². The zero-order valence-electron chi connectivity index (χ0n) is 45.7. The first-order valence-electron chi connectivity index (χ1n) is 27.7. The summed E-state index contributed by atoms with van der Waals surface area (Å²) in [5, 5.41) is 122. The van der Waals surface area contributed by atoms with Gasteiger partial charge in [0.1, 0.15) is 18.1 Å². The minimum Gasteiger partial charge on any atom is -0.481 e. The maximum Gasteiger partial charge on any atom is 0.311 e. The van der Waals surface area contributed by atoms with E-state index in [2.05, 4.69) is 0 Å². The zero-order chi connectivity index (χ0) is 57.5. The number of unbranched alkanes of at least 4 members (excludes halogenated alkanes) is 2. The molecule has 3 saturated heterocycles. The minimum atomic E-state index is -2.36. The number of nitrogens with zero attached hydrogens (tertiary/aromatic N) is 2. The second-order valence-corrected chi connectivity index (χ2v) is 21.5. The third-order valence-electron chi connectivity index (χ3n) is 15.1. The average molecular weight is 1110 g/mol. The van der Waals surface area contributed by atoms with E-state index in [-0.39, 0.29) is 37.5 Å². The Morgan fingerprint density at radius 3 is 1.87 bits per heavy atom. The number of hydrogen-bond donors (Lipinski definition) is 12. The summed E-state index contributed by atoms with van der Waals surface area (Å²) < 4.78 is 24.0. The Balaban J connectivity index is 1.57. The topological polar surface area (TPSA) is 343 Å². The number of amides is 1. The van der Waals surface area contributed by atoms with E-state index in [1.165, 1.54) is 0 Å². The Morgan fingerprint density at radius 1 is 0.667 bits per heavy atom. The molecule has 2 bridgehead atoms. The van der Waals surface area contributed by atoms with E-state index in [0.29, 0.717) is 39.1 Å². The van der Waals surface area contributed by atoms with Crippen molar-refractivity contribution < 1.29 is 89.5 Å². The van der Waals surface area contributed by atoms with Gasteiger partial charge in [0, 0.05) is 70.1 Å². The molecule has 1 unspecified atom stereocenters. The van der Waals surface area contributed by atoms with E-state index in [1.807, 2.05) is 36.1 Å². The number of rotatable bonds is 9. The second kappa shape index (κ2) is 33.7. The number of esters is 1. The summed E-state index contributed by atoms with van der Waals surface area (Å²) in [7, 11) is 0. The molecule has 0 saturated carbocycles. The average Bonchev–Trinajstić information content (AvgIpc) is 3.38. The number of carbonyl (C=O) groups is 3. The van der Waals surface area contributed by atoms with E-state index < -0.39 is 147 Å². The van der Waals surface area contributed by atoms with Gasteiger partial charge in [0.15, 0.2) is 12.1 Å². The molecular weight excluding hydrogens is 1010 g/mol. The quantitative estimate of drug-likeness (QED) is 0.115. The minimum absolute atomic E-state index is 0.0195. The molecule has 1 amide bonds. The van der Waals surface area contributed by atoms with E-state index in [4.69, 9.17) is 24.7 Å². The first kappa shape index (κ1) is 66.5. The predicted molar refractivity (Wildman–Crippen MR) is 288 cm³/mol. The van der Waals surface area contributed by atoms with E-state index in [1.54, 1.807) is 86.4 Å². The van der Waals surface area contributed by atoms with E-state index in [0.717, 1.165) is 19.3 Å². The van der Waals surface area contributed by atoms with E-state index in [9.17, 15) is 70.6 Å². The molecule has 442 valence electrons. The number of aliphatic hydroxyl groups excluding tert-OH is 9. The number of carboxylic acids is 1. The maximum atomic E-state index is 13.0. The fourth-order valence-electron chi connectivity index (χ4n) is 10.4. The van der Waals surface area contributed by atoms with Crippen molar-refractivity contribution in [1.29, 1.82) is 0 Å². The van der Waals surface area contributed by atoms with Crippen LogP contribution in [0.15, 0.2) is 85.1 Å². The number of piperazine rings is 1. The molecule has 19 atom stereocenters. The standard InChI is InChI=1S/C57H91N3O18/c1-36-20-16-13-11-9-7-5-6-8-10-12-14-17-21-43(77-56-54(71)51(53(70)39(4)76-56)60-28-26-59(27-29-60)48(67)22-18-15-19-25-58)33-47-50(55(72)73)46(66)35-57(74,78-47)34-42(63)31-45(65)44(64)24-23-40(61)30-41(62)32-49(68)75-38(3)37(2)52(36)69/h5-14,16-17,20-21,36-47,50-54,56,61-66,69-71,74H,15,18-19,22-35,58H2,1-4H3,(H,72,73)/t36-,37-,38-,39+,40+,41+,42-,43-,44+,45+,46-,47?,50+,51-,52+,53+,54-,56-,57+/m0/s1. The van der Waals surface area contributed by atoms with Crippen molar-refractivity contribution >= 4 is 17.8 Å². The molecule has 0 aromatic rings. The van der Waals surface area contributed by atoms with Crippen molar-refractivity contribution in [3.8, 4) is 0 Å². The molecule has 0 aromatic heterocycles. The van der Waals surface area contributed by atoms with E-state index >= 15 is 0 Å². The number of hydrogen-bond acceptors (Lipinski definition) is 19. The van der Waals surface area contributed by atoms with Crippen molar-refractivity contribution in [3.05, 3.63) is 85.1 Å². The van der Waals surface area contributed by atoms with Crippen LogP contribution in [0, 0.1) is 17.8 Å². The van der Waals surface area contributed by atoms with Crippen molar-refractivity contribution in [2.45, 2.75) is 202 Å². The van der Waals surface area contributed by atoms with Crippen molar-refractivity contribution in [2.24, 2.45) is 23.5 Å². The fourth-order valence-corrected chi connectivity index (χ4v) is 10.4. The molecule has 3 fully saturated rings. The van der Waals surface area contributed by atoms with Gasteiger partial charge in [0.2, 0.25) is 5.91 Å². The number of carbonyl (C=O) groups excluding carboxylic acids is 2. The van der Waals surface area contributed by atoms with Crippen LogP contribution in [-0.2, 0) is 33.3 Å². The Morgan fingerprint density at radius 2 is 1.27 bits per heavy atom. The molecule has 0 aromatic carbocycles. The predicted octanol–water partition coefficient (Wildman–Crippen LogP) is 1.42. The number of cyclic esters (lactones) is 1. The van der Waals surface area contributed by atoms with Crippen LogP contribution in [0.2, 0.25) is 0 Å². The van der Waals surface area contributed by atoms with Gasteiger partial charge in [-0.2, -0.15) is 0 Å². The Kier molecular flexibility index (Phi) is 28.7. The molecule has 4 rings (SSSR count). The highest BCUT2D eigenvalue weighted by Gasteiger charge is 2.52. The molecule has 4 heterocycles. The highest BCUT2D eigenvalue weighted by Crippen LogP contribution is 2.38. The molecule has 4 aliphatic heterocycles. The van der Waals surface area contributed by atoms with Crippen molar-refractivity contribution in [3.63, 3.8) is 0 Å². The first-order chi connectivity index (χ1) is 37.0. The van der Waals surface area contributed by atoms with Crippen molar-refractivity contribution in [1.82, 2.24) is 9.80 Å². The number of aliphatic carboxylic acids is 1. The van der Waals surface area contributed by atoms with Crippen LogP contribution in [0.1, 0.15) is 105 Å². The summed E-state index contributed by atoms with van der Waals surface area (Å²) in [6.07, 6.45) is 6.27. The summed E-state index contributed by atoms with van der Waals surface area (Å²) in [6, 6.07) is -0.887. The van der Waals surface area contributed by atoms with Gasteiger partial charge in [-0.15, -0.1) is 0 Å². The molecule has 78 heavy (non-hydrogen) atoms. The number of fused-ring (bicyclic) bond motifs is 2. The van der Waals surface area contributed by atoms with Gasteiger partial charge in [-0.1, -0.05) is 105 Å². The molecule has 0 spiro atoms. The molecule has 0 aliphatic carbocycles. The van der Waals surface area contributed by atoms with Crippen LogP contribution in [0.5, 0.6) is 0 Å². The number of allylic oxidation sites excluding steroid dienone is 12. The number of aliphatic hydroxyl groups is 10. The van der Waals surface area contributed by atoms with Crippen LogP contribution in [-0.4, -0.2) is 214 Å². The van der Waals surface area contributed by atoms with Crippen LogP contribution in [0.3, 0.4) is 0 Å². The molecular formula is C57H91N3O18. The second-order valence-electron chi connectivity index (χ2n) is 21.5. The smallest absolute Gasteiger partial charge is 0.311 e. The van der Waals surface area contributed by atoms with Gasteiger partial charge >= 0.3 is 11.9 Å².